The second-order valence-electron chi connectivity index (χ2n) is 4.15. The smallest absolute Gasteiger partial charge is 0.135 e. The Morgan fingerprint density at radius 2 is 2.08 bits per heavy atom. The molecule has 0 spiro atoms. The van der Waals surface area contributed by atoms with Crippen LogP contribution in [0.3, 0.4) is 0 Å². The minimum Gasteiger partial charge on any atom is -0.361 e. The van der Waals surface area contributed by atoms with Gasteiger partial charge in [-0.15, -0.1) is 0 Å². The Morgan fingerprint density at radius 1 is 1.38 bits per heavy atom. The predicted molar refractivity (Wildman–Crippen MR) is 49.4 cm³/mol. The normalized spacial score (nSPS) is 36.8. The van der Waals surface area contributed by atoms with Crippen LogP contribution in [0.4, 0.5) is 0 Å². The molecule has 2 heterocycles. The van der Waals surface area contributed by atoms with Gasteiger partial charge in [-0.25, -0.2) is 0 Å². The first-order valence-corrected chi connectivity index (χ1v) is 5.11. The Balaban J connectivity index is 1.96. The lowest BCUT2D eigenvalue weighted by molar-refractivity contribution is -0.136. The summed E-state index contributed by atoms with van der Waals surface area (Å²) in [4.78, 5) is 13.4. The van der Waals surface area contributed by atoms with Crippen molar-refractivity contribution in [2.75, 3.05) is 19.7 Å². The highest BCUT2D eigenvalue weighted by molar-refractivity contribution is 5.79. The molecule has 0 saturated carbocycles. The van der Waals surface area contributed by atoms with Crippen LogP contribution >= 0.6 is 0 Å². The highest BCUT2D eigenvalue weighted by atomic mass is 16.5. The number of carbonyl (C=O) groups excluding carboxylic acids is 1. The van der Waals surface area contributed by atoms with Crippen molar-refractivity contribution in [2.24, 2.45) is 0 Å². The van der Waals surface area contributed by atoms with Crippen LogP contribution < -0.4 is 0 Å². The maximum absolute atomic E-state index is 11.1. The van der Waals surface area contributed by atoms with Crippen LogP contribution in [0.5, 0.6) is 0 Å². The number of rotatable bonds is 1. The maximum atomic E-state index is 11.1. The molecule has 2 fully saturated rings. The second kappa shape index (κ2) is 3.39. The molecule has 0 aromatic heterocycles. The highest BCUT2D eigenvalue weighted by Crippen LogP contribution is 2.30. The van der Waals surface area contributed by atoms with E-state index >= 15 is 0 Å². The number of likely N-dealkylation sites (tertiary alicyclic amines) is 1. The summed E-state index contributed by atoms with van der Waals surface area (Å²) in [5, 5.41) is 0. The molecule has 0 N–H and O–H groups in total. The molecule has 2 aliphatic rings. The molecule has 3 nitrogen and oxygen atoms in total. The Hall–Kier alpha value is -0.410. The van der Waals surface area contributed by atoms with E-state index in [4.69, 9.17) is 4.74 Å². The first-order chi connectivity index (χ1) is 6.21. The van der Waals surface area contributed by atoms with Gasteiger partial charge in [0.25, 0.3) is 0 Å². The molecule has 74 valence electrons. The van der Waals surface area contributed by atoms with Gasteiger partial charge >= 0.3 is 0 Å². The van der Waals surface area contributed by atoms with Crippen molar-refractivity contribution >= 4 is 5.78 Å². The molecule has 13 heavy (non-hydrogen) atoms. The Morgan fingerprint density at radius 3 is 2.62 bits per heavy atom. The van der Waals surface area contributed by atoms with Crippen LogP contribution in [0.25, 0.3) is 0 Å². The number of carbonyl (C=O) groups is 1. The topological polar surface area (TPSA) is 29.5 Å². The number of hydrogen-bond donors (Lipinski definition) is 0. The van der Waals surface area contributed by atoms with Crippen LogP contribution in [0.1, 0.15) is 32.6 Å². The van der Waals surface area contributed by atoms with E-state index in [2.05, 4.69) is 11.8 Å². The summed E-state index contributed by atoms with van der Waals surface area (Å²) in [5.41, 5.74) is -0.0688. The number of ketones is 1. The molecular formula is C10H17NO2. The summed E-state index contributed by atoms with van der Waals surface area (Å²) < 4.78 is 5.73. The Kier molecular flexibility index (Phi) is 2.39. The highest BCUT2D eigenvalue weighted by Gasteiger charge is 2.37. The lowest BCUT2D eigenvalue weighted by Crippen LogP contribution is -2.49. The zero-order chi connectivity index (χ0) is 9.31. The number of hydrogen-bond acceptors (Lipinski definition) is 3. The third-order valence-corrected chi connectivity index (χ3v) is 3.19. The van der Waals surface area contributed by atoms with Gasteiger partial charge in [-0.05, 0) is 19.8 Å². The number of ether oxygens (including phenoxy) is 1. The minimum atomic E-state index is -0.0688. The molecule has 0 aromatic carbocycles. The van der Waals surface area contributed by atoms with Gasteiger partial charge < -0.3 is 4.74 Å². The van der Waals surface area contributed by atoms with Crippen LogP contribution in [0.2, 0.25) is 0 Å². The summed E-state index contributed by atoms with van der Waals surface area (Å²) in [6, 6.07) is 0. The average molecular weight is 183 g/mol. The fraction of sp³-hybridized carbons (Fsp3) is 0.900. The van der Waals surface area contributed by atoms with Gasteiger partial charge in [0.15, 0.2) is 0 Å². The third kappa shape index (κ3) is 1.76. The summed E-state index contributed by atoms with van der Waals surface area (Å²) in [7, 11) is 0. The molecule has 0 amide bonds. The van der Waals surface area contributed by atoms with Crippen molar-refractivity contribution in [1.29, 1.82) is 0 Å². The molecule has 0 aromatic rings. The molecule has 0 bridgehead atoms. The summed E-state index contributed by atoms with van der Waals surface area (Å²) in [6.07, 6.45) is 3.68. The predicted octanol–water partition coefficient (Wildman–Crippen LogP) is 1.18. The van der Waals surface area contributed by atoms with Crippen LogP contribution in [-0.4, -0.2) is 36.1 Å². The molecule has 1 atom stereocenters. The van der Waals surface area contributed by atoms with Crippen molar-refractivity contribution in [2.45, 2.75) is 38.3 Å². The van der Waals surface area contributed by atoms with E-state index in [9.17, 15) is 4.79 Å². The fourth-order valence-electron chi connectivity index (χ4n) is 2.24. The third-order valence-electron chi connectivity index (χ3n) is 3.19. The Labute approximate surface area is 79.0 Å². The lowest BCUT2D eigenvalue weighted by atomic mass is 10.0. The van der Waals surface area contributed by atoms with Gasteiger partial charge in [-0.2, -0.15) is 0 Å². The quantitative estimate of drug-likeness (QED) is 0.611. The van der Waals surface area contributed by atoms with Crippen LogP contribution in [-0.2, 0) is 9.53 Å². The molecule has 2 rings (SSSR count). The number of piperidine rings is 1. The zero-order valence-electron chi connectivity index (χ0n) is 8.21. The summed E-state index contributed by atoms with van der Waals surface area (Å²) >= 11 is 0. The van der Waals surface area contributed by atoms with Gasteiger partial charge in [0.05, 0.1) is 0 Å². The van der Waals surface area contributed by atoms with E-state index in [-0.39, 0.29) is 5.72 Å². The molecule has 3 heteroatoms. The second-order valence-corrected chi connectivity index (χ2v) is 4.15. The largest absolute Gasteiger partial charge is 0.361 e. The van der Waals surface area contributed by atoms with Crippen molar-refractivity contribution < 1.29 is 9.53 Å². The van der Waals surface area contributed by atoms with E-state index in [0.29, 0.717) is 18.6 Å². The van der Waals surface area contributed by atoms with E-state index in [1.807, 2.05) is 0 Å². The summed E-state index contributed by atoms with van der Waals surface area (Å²) in [5.74, 6) is 0.401. The van der Waals surface area contributed by atoms with Crippen molar-refractivity contribution in [3.05, 3.63) is 0 Å². The summed E-state index contributed by atoms with van der Waals surface area (Å²) in [6.45, 7) is 4.79. The van der Waals surface area contributed by atoms with Crippen LogP contribution in [0, 0.1) is 0 Å². The van der Waals surface area contributed by atoms with Gasteiger partial charge in [0.2, 0.25) is 0 Å². The first kappa shape index (κ1) is 9.16. The van der Waals surface area contributed by atoms with Gasteiger partial charge in [-0.1, -0.05) is 0 Å². The maximum Gasteiger partial charge on any atom is 0.135 e. The van der Waals surface area contributed by atoms with E-state index < -0.39 is 0 Å². The minimum absolute atomic E-state index is 0.0688. The van der Waals surface area contributed by atoms with E-state index in [1.165, 1.54) is 0 Å². The van der Waals surface area contributed by atoms with Crippen molar-refractivity contribution in [3.8, 4) is 0 Å². The van der Waals surface area contributed by atoms with Gasteiger partial charge in [0.1, 0.15) is 11.5 Å². The monoisotopic (exact) mass is 183 g/mol. The fourth-order valence-corrected chi connectivity index (χ4v) is 2.24. The molecule has 2 saturated heterocycles. The van der Waals surface area contributed by atoms with Crippen LogP contribution in [0.15, 0.2) is 0 Å². The lowest BCUT2D eigenvalue weighted by Gasteiger charge is -2.39. The molecule has 0 radical (unpaired) electrons. The van der Waals surface area contributed by atoms with Gasteiger partial charge in [-0.3, -0.25) is 9.69 Å². The van der Waals surface area contributed by atoms with Crippen molar-refractivity contribution in [1.82, 2.24) is 4.90 Å². The Bertz CT molecular complexity index is 199. The molecular weight excluding hydrogens is 166 g/mol. The van der Waals surface area contributed by atoms with Crippen molar-refractivity contribution in [3.63, 3.8) is 0 Å². The average Bonchev–Trinajstić information content (AvgIpc) is 2.54. The SMILES string of the molecule is CC1(N2CCC(=O)CC2)CCCO1. The molecule has 0 aliphatic carbocycles. The first-order valence-electron chi connectivity index (χ1n) is 5.11. The van der Waals surface area contributed by atoms with Gasteiger partial charge in [0, 0.05) is 32.5 Å². The zero-order valence-corrected chi connectivity index (χ0v) is 8.21. The standard InChI is InChI=1S/C10H17NO2/c1-10(5-2-8-13-10)11-6-3-9(12)4-7-11/h2-8H2,1H3. The van der Waals surface area contributed by atoms with E-state index in [0.717, 1.165) is 32.5 Å². The van der Waals surface area contributed by atoms with E-state index in [1.54, 1.807) is 0 Å². The number of Topliss-reactive ketones (excluding diaryl/α,β-unsaturated/α-hetero) is 1. The molecule has 1 unspecified atom stereocenters. The number of nitrogens with zero attached hydrogens (tertiary/aromatic N) is 1. The molecule has 2 aliphatic heterocycles.